The highest BCUT2D eigenvalue weighted by atomic mass is 32.1. The number of morpholine rings is 1. The van der Waals surface area contributed by atoms with Crippen LogP contribution >= 0.6 is 11.3 Å². The van der Waals surface area contributed by atoms with Crippen molar-refractivity contribution in [2.45, 2.75) is 31.2 Å². The minimum absolute atomic E-state index is 0.0880. The number of aromatic nitrogens is 1. The van der Waals surface area contributed by atoms with Crippen LogP contribution in [0.3, 0.4) is 0 Å². The van der Waals surface area contributed by atoms with E-state index in [0.29, 0.717) is 30.5 Å². The van der Waals surface area contributed by atoms with Crippen LogP contribution in [0.25, 0.3) is 0 Å². The van der Waals surface area contributed by atoms with E-state index >= 15 is 0 Å². The number of carbonyl (C=O) groups is 1. The van der Waals surface area contributed by atoms with Crippen molar-refractivity contribution < 1.29 is 27.8 Å². The number of hydrogen-bond donors (Lipinski definition) is 1. The number of carboxylic acids is 1. The number of carboxylic acid groups (broad SMARTS) is 1. The summed E-state index contributed by atoms with van der Waals surface area (Å²) < 4.78 is 44.1. The second-order valence-electron chi connectivity index (χ2n) is 5.15. The lowest BCUT2D eigenvalue weighted by Crippen LogP contribution is -2.42. The van der Waals surface area contributed by atoms with Gasteiger partial charge in [0.15, 0.2) is 5.69 Å². The van der Waals surface area contributed by atoms with Crippen LogP contribution < -0.4 is 0 Å². The average molecular weight is 322 g/mol. The van der Waals surface area contributed by atoms with E-state index in [9.17, 15) is 18.0 Å². The van der Waals surface area contributed by atoms with Gasteiger partial charge in [-0.25, -0.2) is 9.78 Å². The third-order valence-corrected chi connectivity index (χ3v) is 4.91. The fraction of sp³-hybridized carbons (Fsp3) is 0.667. The van der Waals surface area contributed by atoms with Crippen LogP contribution in [0.2, 0.25) is 0 Å². The van der Waals surface area contributed by atoms with Crippen molar-refractivity contribution in [1.29, 1.82) is 0 Å². The molecule has 2 unspecified atom stereocenters. The van der Waals surface area contributed by atoms with Gasteiger partial charge in [0.1, 0.15) is 16.0 Å². The van der Waals surface area contributed by atoms with E-state index in [2.05, 4.69) is 9.88 Å². The molecule has 0 aromatic carbocycles. The highest BCUT2D eigenvalue weighted by Crippen LogP contribution is 2.38. The lowest BCUT2D eigenvalue weighted by atomic mass is 10.2. The van der Waals surface area contributed by atoms with Crippen molar-refractivity contribution in [3.63, 3.8) is 0 Å². The highest BCUT2D eigenvalue weighted by molar-refractivity contribution is 7.13. The molecule has 0 saturated carbocycles. The first-order valence-electron chi connectivity index (χ1n) is 6.53. The van der Waals surface area contributed by atoms with E-state index in [1.165, 1.54) is 0 Å². The molecule has 5 nitrogen and oxygen atoms in total. The Morgan fingerprint density at radius 3 is 2.86 bits per heavy atom. The Morgan fingerprint density at radius 1 is 1.48 bits per heavy atom. The van der Waals surface area contributed by atoms with Crippen molar-refractivity contribution in [3.8, 4) is 0 Å². The Labute approximate surface area is 122 Å². The molecule has 0 amide bonds. The van der Waals surface area contributed by atoms with Crippen molar-refractivity contribution >= 4 is 17.3 Å². The number of thiazole rings is 1. The summed E-state index contributed by atoms with van der Waals surface area (Å²) in [6.07, 6.45) is -3.28. The SMILES string of the molecule is O=C(O)c1sc(C2CN3CCCC3CO2)nc1C(F)(F)F. The molecule has 0 spiro atoms. The van der Waals surface area contributed by atoms with Gasteiger partial charge in [-0.15, -0.1) is 11.3 Å². The summed E-state index contributed by atoms with van der Waals surface area (Å²) in [5.74, 6) is -1.61. The normalized spacial score (nSPS) is 26.8. The van der Waals surface area contributed by atoms with Crippen LogP contribution in [0.1, 0.15) is 39.3 Å². The van der Waals surface area contributed by atoms with Crippen LogP contribution in [0, 0.1) is 0 Å². The molecule has 0 radical (unpaired) electrons. The molecule has 0 aliphatic carbocycles. The Bertz CT molecular complexity index is 560. The van der Waals surface area contributed by atoms with E-state index in [-0.39, 0.29) is 5.01 Å². The molecular weight excluding hydrogens is 309 g/mol. The Balaban J connectivity index is 1.87. The first-order valence-corrected chi connectivity index (χ1v) is 7.35. The van der Waals surface area contributed by atoms with Gasteiger partial charge in [0.25, 0.3) is 0 Å². The van der Waals surface area contributed by atoms with Crippen molar-refractivity contribution in [3.05, 3.63) is 15.6 Å². The molecule has 2 aliphatic heterocycles. The van der Waals surface area contributed by atoms with Crippen molar-refractivity contribution in [2.24, 2.45) is 0 Å². The lowest BCUT2D eigenvalue weighted by Gasteiger charge is -2.34. The molecule has 2 saturated heterocycles. The summed E-state index contributed by atoms with van der Waals surface area (Å²) in [4.78, 5) is 15.9. The maximum absolute atomic E-state index is 12.8. The van der Waals surface area contributed by atoms with Gasteiger partial charge in [0, 0.05) is 12.6 Å². The zero-order valence-corrected chi connectivity index (χ0v) is 11.7. The number of ether oxygens (including phenoxy) is 1. The van der Waals surface area contributed by atoms with Crippen LogP contribution in [0.15, 0.2) is 0 Å². The van der Waals surface area contributed by atoms with E-state index in [0.717, 1.165) is 19.4 Å². The molecule has 1 aromatic heterocycles. The average Bonchev–Trinajstić information content (AvgIpc) is 3.03. The third kappa shape index (κ3) is 2.77. The van der Waals surface area contributed by atoms with Gasteiger partial charge >= 0.3 is 12.1 Å². The van der Waals surface area contributed by atoms with E-state index in [4.69, 9.17) is 9.84 Å². The molecule has 2 fully saturated rings. The molecule has 0 bridgehead atoms. The summed E-state index contributed by atoms with van der Waals surface area (Å²) in [5.41, 5.74) is -1.33. The fourth-order valence-electron chi connectivity index (χ4n) is 2.78. The summed E-state index contributed by atoms with van der Waals surface area (Å²) in [6.45, 7) is 1.82. The molecule has 2 atom stereocenters. The summed E-state index contributed by atoms with van der Waals surface area (Å²) in [7, 11) is 0. The molecule has 3 heterocycles. The van der Waals surface area contributed by atoms with Crippen molar-refractivity contribution in [1.82, 2.24) is 9.88 Å². The molecule has 21 heavy (non-hydrogen) atoms. The molecule has 1 N–H and O–H groups in total. The molecule has 2 aliphatic rings. The number of rotatable bonds is 2. The van der Waals surface area contributed by atoms with Gasteiger partial charge in [-0.2, -0.15) is 13.2 Å². The predicted molar refractivity (Wildman–Crippen MR) is 67.4 cm³/mol. The number of nitrogens with zero attached hydrogens (tertiary/aromatic N) is 2. The molecular formula is C12H13F3N2O3S. The maximum atomic E-state index is 12.8. The van der Waals surface area contributed by atoms with Crippen LogP contribution in [0.5, 0.6) is 0 Å². The fourth-order valence-corrected chi connectivity index (χ4v) is 3.74. The van der Waals surface area contributed by atoms with Gasteiger partial charge in [0.05, 0.1) is 6.61 Å². The standard InChI is InChI=1S/C12H13F3N2O3S/c13-12(14,15)9-8(11(18)19)21-10(16-9)7-4-17-3-1-2-6(17)5-20-7/h6-7H,1-5H2,(H,18,19). The summed E-state index contributed by atoms with van der Waals surface area (Å²) in [5, 5.41) is 9.00. The van der Waals surface area contributed by atoms with Gasteiger partial charge in [-0.05, 0) is 19.4 Å². The largest absolute Gasteiger partial charge is 0.477 e. The molecule has 116 valence electrons. The van der Waals surface area contributed by atoms with E-state index in [1.807, 2.05) is 0 Å². The number of alkyl halides is 3. The van der Waals surface area contributed by atoms with Crippen LogP contribution in [-0.2, 0) is 10.9 Å². The third-order valence-electron chi connectivity index (χ3n) is 3.77. The number of halogens is 3. The second kappa shape index (κ2) is 5.22. The number of hydrogen-bond acceptors (Lipinski definition) is 5. The zero-order valence-electron chi connectivity index (χ0n) is 10.9. The zero-order chi connectivity index (χ0) is 15.2. The number of fused-ring (bicyclic) bond motifs is 1. The van der Waals surface area contributed by atoms with E-state index in [1.54, 1.807) is 0 Å². The van der Waals surface area contributed by atoms with Crippen LogP contribution in [-0.4, -0.2) is 46.7 Å². The Hall–Kier alpha value is -1.19. The first-order chi connectivity index (χ1) is 9.86. The molecule has 9 heteroatoms. The number of aromatic carboxylic acids is 1. The highest BCUT2D eigenvalue weighted by Gasteiger charge is 2.42. The monoisotopic (exact) mass is 322 g/mol. The topological polar surface area (TPSA) is 62.7 Å². The first kappa shape index (κ1) is 14.7. The smallest absolute Gasteiger partial charge is 0.435 e. The van der Waals surface area contributed by atoms with Gasteiger partial charge < -0.3 is 9.84 Å². The van der Waals surface area contributed by atoms with Gasteiger partial charge in [0.2, 0.25) is 0 Å². The Morgan fingerprint density at radius 2 is 2.24 bits per heavy atom. The van der Waals surface area contributed by atoms with Crippen LogP contribution in [0.4, 0.5) is 13.2 Å². The minimum Gasteiger partial charge on any atom is -0.477 e. The molecule has 1 aromatic rings. The minimum atomic E-state index is -4.77. The quantitative estimate of drug-likeness (QED) is 0.906. The van der Waals surface area contributed by atoms with Gasteiger partial charge in [-0.1, -0.05) is 0 Å². The lowest BCUT2D eigenvalue weighted by molar-refractivity contribution is -0.141. The van der Waals surface area contributed by atoms with E-state index < -0.39 is 28.8 Å². The second-order valence-corrected chi connectivity index (χ2v) is 6.18. The predicted octanol–water partition coefficient (Wildman–Crippen LogP) is 2.40. The van der Waals surface area contributed by atoms with Crippen molar-refractivity contribution in [2.75, 3.05) is 19.7 Å². The molecule has 3 rings (SSSR count). The van der Waals surface area contributed by atoms with Gasteiger partial charge in [-0.3, -0.25) is 4.90 Å². The maximum Gasteiger partial charge on any atom is 0.435 e. The summed E-state index contributed by atoms with van der Waals surface area (Å²) >= 11 is 0.553. The Kier molecular flexibility index (Phi) is 3.66. The summed E-state index contributed by atoms with van der Waals surface area (Å²) in [6, 6.07) is 0.322.